The molecule has 9 heteroatoms. The summed E-state index contributed by atoms with van der Waals surface area (Å²) >= 11 is 2.33. The highest BCUT2D eigenvalue weighted by atomic mass is 127. The number of imidazole rings is 1. The van der Waals surface area contributed by atoms with Crippen molar-refractivity contribution in [1.82, 2.24) is 9.55 Å². The largest absolute Gasteiger partial charge is 0.490 e. The number of hydrogen-bond acceptors (Lipinski definition) is 3. The highest BCUT2D eigenvalue weighted by Gasteiger charge is 2.67. The lowest BCUT2D eigenvalue weighted by Gasteiger charge is -2.69. The summed E-state index contributed by atoms with van der Waals surface area (Å²) in [5, 5.41) is 7.12. The van der Waals surface area contributed by atoms with Gasteiger partial charge in [0.25, 0.3) is 0 Å². The molecule has 0 radical (unpaired) electrons. The molecule has 0 aliphatic heterocycles. The van der Waals surface area contributed by atoms with Crippen LogP contribution in [0, 0.1) is 3.70 Å². The number of aromatic nitrogens is 2. The fourth-order valence-corrected chi connectivity index (χ4v) is 3.97. The van der Waals surface area contributed by atoms with Crippen molar-refractivity contribution in [1.29, 1.82) is 0 Å². The number of rotatable bonds is 2. The first-order chi connectivity index (χ1) is 10.0. The molecule has 1 heterocycles. The van der Waals surface area contributed by atoms with E-state index < -0.39 is 12.1 Å². The van der Waals surface area contributed by atoms with E-state index in [1.807, 2.05) is 0 Å². The number of halogens is 4. The normalized spacial score (nSPS) is 32.4. The highest BCUT2D eigenvalue weighted by Crippen LogP contribution is 2.64. The van der Waals surface area contributed by atoms with Crippen LogP contribution in [-0.2, 0) is 10.3 Å². The van der Waals surface area contributed by atoms with Crippen LogP contribution in [0.3, 0.4) is 0 Å². The lowest BCUT2D eigenvalue weighted by molar-refractivity contribution is -0.192. The Bertz CT molecular complexity index is 605. The minimum Gasteiger partial charge on any atom is -0.475 e. The second kappa shape index (κ2) is 4.83. The number of aliphatic carboxylic acids is 1. The van der Waals surface area contributed by atoms with Gasteiger partial charge in [0.05, 0.1) is 5.54 Å². The molecular weight excluding hydrogens is 414 g/mol. The van der Waals surface area contributed by atoms with Crippen LogP contribution in [0.15, 0.2) is 6.20 Å². The average Bonchev–Trinajstić information content (AvgIpc) is 3.07. The number of nitrogens with two attached hydrogens (primary N) is 1. The smallest absolute Gasteiger partial charge is 0.475 e. The Labute approximate surface area is 138 Å². The van der Waals surface area contributed by atoms with Gasteiger partial charge >= 0.3 is 12.1 Å². The van der Waals surface area contributed by atoms with Gasteiger partial charge in [-0.25, -0.2) is 9.78 Å². The molecule has 0 saturated heterocycles. The van der Waals surface area contributed by atoms with E-state index in [1.54, 1.807) is 0 Å². The summed E-state index contributed by atoms with van der Waals surface area (Å²) in [6.45, 7) is 0. The number of hydrogen-bond donors (Lipinski definition) is 2. The van der Waals surface area contributed by atoms with E-state index in [1.165, 1.54) is 37.9 Å². The molecule has 5 nitrogen and oxygen atoms in total. The minimum absolute atomic E-state index is 0.191. The van der Waals surface area contributed by atoms with Crippen molar-refractivity contribution < 1.29 is 23.1 Å². The van der Waals surface area contributed by atoms with Gasteiger partial charge in [-0.1, -0.05) is 0 Å². The molecular formula is C13H15F3IN3O2. The van der Waals surface area contributed by atoms with Gasteiger partial charge in [-0.05, 0) is 54.7 Å². The lowest BCUT2D eigenvalue weighted by Crippen LogP contribution is -2.76. The molecule has 122 valence electrons. The molecule has 0 spiro atoms. The average molecular weight is 429 g/mol. The van der Waals surface area contributed by atoms with Gasteiger partial charge in [0, 0.05) is 17.7 Å². The van der Waals surface area contributed by atoms with Crippen LogP contribution in [0.1, 0.15) is 43.8 Å². The number of nitrogens with zero attached hydrogens (tertiary/aromatic N) is 2. The molecule has 4 aliphatic rings. The Balaban J connectivity index is 0.000000178. The van der Waals surface area contributed by atoms with Crippen molar-refractivity contribution in [3.8, 4) is 0 Å². The maximum atomic E-state index is 10.6. The Hall–Kier alpha value is -0.840. The summed E-state index contributed by atoms with van der Waals surface area (Å²) in [5.74, 6) is -0.676. The van der Waals surface area contributed by atoms with Crippen LogP contribution < -0.4 is 5.73 Å². The van der Waals surface area contributed by atoms with Crippen molar-refractivity contribution in [2.45, 2.75) is 55.3 Å². The monoisotopic (exact) mass is 429 g/mol. The van der Waals surface area contributed by atoms with E-state index in [0.717, 1.165) is 9.62 Å². The van der Waals surface area contributed by atoms with E-state index in [-0.39, 0.29) is 5.54 Å². The number of carboxylic acids is 1. The van der Waals surface area contributed by atoms with Gasteiger partial charge in [-0.15, -0.1) is 0 Å². The minimum atomic E-state index is -5.08. The topological polar surface area (TPSA) is 81.1 Å². The third kappa shape index (κ3) is 2.72. The molecule has 1 aromatic rings. The van der Waals surface area contributed by atoms with Gasteiger partial charge < -0.3 is 15.4 Å². The second-order valence-electron chi connectivity index (χ2n) is 6.49. The molecule has 0 aromatic carbocycles. The third-order valence-corrected chi connectivity index (χ3v) is 4.96. The molecule has 1 aromatic heterocycles. The summed E-state index contributed by atoms with van der Waals surface area (Å²) < 4.78 is 35.3. The second-order valence-corrected chi connectivity index (χ2v) is 7.59. The Morgan fingerprint density at radius 2 is 1.91 bits per heavy atom. The molecule has 4 fully saturated rings. The van der Waals surface area contributed by atoms with Gasteiger partial charge in [-0.2, -0.15) is 13.2 Å². The van der Waals surface area contributed by atoms with Crippen LogP contribution in [0.2, 0.25) is 0 Å². The van der Waals surface area contributed by atoms with Crippen LogP contribution in [0.5, 0.6) is 0 Å². The van der Waals surface area contributed by atoms with E-state index >= 15 is 0 Å². The standard InChI is InChI=1S/C11H14IN3.C2HF3O2/c12-8-3-15(9(14-8)7-1-2-7)11-4-10(13,5-11)6-11;3-2(4,5)1(6)7/h3,7H,1-2,4-6,13H2;(H,6,7). The lowest BCUT2D eigenvalue weighted by atomic mass is 9.44. The maximum Gasteiger partial charge on any atom is 0.490 e. The number of alkyl halides is 3. The zero-order valence-corrected chi connectivity index (χ0v) is 13.7. The number of carboxylic acid groups (broad SMARTS) is 1. The summed E-state index contributed by atoms with van der Waals surface area (Å²) in [6.07, 6.45) is 3.32. The molecule has 4 aliphatic carbocycles. The van der Waals surface area contributed by atoms with E-state index in [4.69, 9.17) is 15.6 Å². The molecule has 0 unspecified atom stereocenters. The SMILES string of the molecule is NC12CC(n3cc(I)nc3C3CC3)(C1)C2.O=C(O)C(F)(F)F. The quantitative estimate of drug-likeness (QED) is 0.709. The molecule has 22 heavy (non-hydrogen) atoms. The number of carbonyl (C=O) groups is 1. The van der Waals surface area contributed by atoms with E-state index in [2.05, 4.69) is 38.3 Å². The summed E-state index contributed by atoms with van der Waals surface area (Å²) in [6, 6.07) is 0. The summed E-state index contributed by atoms with van der Waals surface area (Å²) in [5.41, 5.74) is 6.69. The third-order valence-electron chi connectivity index (χ3n) is 4.44. The van der Waals surface area contributed by atoms with Crippen molar-refractivity contribution in [2.75, 3.05) is 0 Å². The van der Waals surface area contributed by atoms with Crippen molar-refractivity contribution in [3.05, 3.63) is 15.7 Å². The Morgan fingerprint density at radius 1 is 1.41 bits per heavy atom. The summed E-state index contributed by atoms with van der Waals surface area (Å²) in [7, 11) is 0. The van der Waals surface area contributed by atoms with Crippen LogP contribution in [0.4, 0.5) is 13.2 Å². The molecule has 0 amide bonds. The van der Waals surface area contributed by atoms with E-state index in [9.17, 15) is 13.2 Å². The van der Waals surface area contributed by atoms with Crippen molar-refractivity contribution >= 4 is 28.6 Å². The first-order valence-electron chi connectivity index (χ1n) is 6.89. The van der Waals surface area contributed by atoms with Gasteiger partial charge in [0.2, 0.25) is 0 Å². The zero-order valence-electron chi connectivity index (χ0n) is 11.5. The van der Waals surface area contributed by atoms with Crippen LogP contribution in [-0.4, -0.2) is 32.3 Å². The van der Waals surface area contributed by atoms with Gasteiger partial charge in [0.15, 0.2) is 0 Å². The van der Waals surface area contributed by atoms with E-state index in [0.29, 0.717) is 5.54 Å². The first kappa shape index (κ1) is 16.0. The predicted octanol–water partition coefficient (Wildman–Crippen LogP) is 2.59. The molecule has 5 rings (SSSR count). The summed E-state index contributed by atoms with van der Waals surface area (Å²) in [4.78, 5) is 13.6. The van der Waals surface area contributed by atoms with Crippen LogP contribution in [0.25, 0.3) is 0 Å². The molecule has 3 N–H and O–H groups in total. The molecule has 4 saturated carbocycles. The highest BCUT2D eigenvalue weighted by molar-refractivity contribution is 14.1. The molecule has 0 atom stereocenters. The Kier molecular flexibility index (Phi) is 3.52. The van der Waals surface area contributed by atoms with Crippen LogP contribution >= 0.6 is 22.6 Å². The zero-order chi connectivity index (χ0) is 16.3. The molecule has 2 bridgehead atoms. The van der Waals surface area contributed by atoms with Gasteiger partial charge in [0.1, 0.15) is 9.53 Å². The Morgan fingerprint density at radius 3 is 2.27 bits per heavy atom. The van der Waals surface area contributed by atoms with Crippen molar-refractivity contribution in [2.24, 2.45) is 5.73 Å². The first-order valence-corrected chi connectivity index (χ1v) is 7.97. The maximum absolute atomic E-state index is 10.6. The van der Waals surface area contributed by atoms with Gasteiger partial charge in [-0.3, -0.25) is 0 Å². The fourth-order valence-electron chi connectivity index (χ4n) is 3.44. The van der Waals surface area contributed by atoms with Crippen molar-refractivity contribution in [3.63, 3.8) is 0 Å². The predicted molar refractivity (Wildman–Crippen MR) is 79.4 cm³/mol. The fraction of sp³-hybridized carbons (Fsp3) is 0.692.